The summed E-state index contributed by atoms with van der Waals surface area (Å²) in [5.41, 5.74) is -2.05. The first-order valence-electron chi connectivity index (χ1n) is 12.6. The fourth-order valence-corrected chi connectivity index (χ4v) is 4.34. The van der Waals surface area contributed by atoms with E-state index in [9.17, 15) is 19.5 Å². The summed E-state index contributed by atoms with van der Waals surface area (Å²) in [6.07, 6.45) is 17.9. The largest absolute Gasteiger partial charge is 0.459 e. The van der Waals surface area contributed by atoms with E-state index in [1.165, 1.54) is 90.2 Å². The van der Waals surface area contributed by atoms with Crippen molar-refractivity contribution in [1.29, 1.82) is 0 Å². The number of rotatable bonds is 18. The monoisotopic (exact) mass is 452 g/mol. The van der Waals surface area contributed by atoms with Crippen LogP contribution in [0.2, 0.25) is 0 Å². The zero-order valence-electron chi connectivity index (χ0n) is 20.4. The van der Waals surface area contributed by atoms with Crippen LogP contribution in [0.1, 0.15) is 117 Å². The molecule has 0 heterocycles. The SMILES string of the molecule is CCCCCCCCCCCCCCCCC(OC(C)=O)[C@@]1(O)C(=O)C=C[C@@H]1OC(C)=O. The van der Waals surface area contributed by atoms with Gasteiger partial charge in [-0.3, -0.25) is 14.4 Å². The summed E-state index contributed by atoms with van der Waals surface area (Å²) in [5.74, 6) is -1.78. The Bertz CT molecular complexity index is 599. The second kappa shape index (κ2) is 16.0. The lowest BCUT2D eigenvalue weighted by molar-refractivity contribution is -0.186. The van der Waals surface area contributed by atoms with Crippen molar-refractivity contribution >= 4 is 17.7 Å². The van der Waals surface area contributed by atoms with Gasteiger partial charge >= 0.3 is 11.9 Å². The van der Waals surface area contributed by atoms with Crippen LogP contribution in [-0.2, 0) is 23.9 Å². The molecule has 184 valence electrons. The molecule has 32 heavy (non-hydrogen) atoms. The fourth-order valence-electron chi connectivity index (χ4n) is 4.34. The van der Waals surface area contributed by atoms with E-state index in [0.29, 0.717) is 6.42 Å². The van der Waals surface area contributed by atoms with E-state index in [0.717, 1.165) is 25.7 Å². The van der Waals surface area contributed by atoms with Crippen LogP contribution in [0.25, 0.3) is 0 Å². The zero-order chi connectivity index (χ0) is 23.8. The van der Waals surface area contributed by atoms with Crippen LogP contribution in [-0.4, -0.2) is 40.6 Å². The van der Waals surface area contributed by atoms with Gasteiger partial charge < -0.3 is 14.6 Å². The Morgan fingerprint density at radius 3 is 1.78 bits per heavy atom. The highest BCUT2D eigenvalue weighted by atomic mass is 16.6. The van der Waals surface area contributed by atoms with Crippen LogP contribution in [0.4, 0.5) is 0 Å². The number of carbonyl (C=O) groups excluding carboxylic acids is 3. The maximum Gasteiger partial charge on any atom is 0.303 e. The Morgan fingerprint density at radius 1 is 0.875 bits per heavy atom. The normalized spacial score (nSPS) is 21.0. The van der Waals surface area contributed by atoms with Gasteiger partial charge in [-0.15, -0.1) is 0 Å². The molecule has 3 atom stereocenters. The Balaban J connectivity index is 2.26. The summed E-state index contributed by atoms with van der Waals surface area (Å²) in [5, 5.41) is 11.0. The van der Waals surface area contributed by atoms with Gasteiger partial charge in [-0.1, -0.05) is 90.4 Å². The van der Waals surface area contributed by atoms with Crippen LogP contribution in [0.5, 0.6) is 0 Å². The van der Waals surface area contributed by atoms with Crippen LogP contribution in [0.3, 0.4) is 0 Å². The highest BCUT2D eigenvalue weighted by Crippen LogP contribution is 2.32. The number of hydrogen-bond acceptors (Lipinski definition) is 6. The van der Waals surface area contributed by atoms with Crippen molar-refractivity contribution in [2.24, 2.45) is 0 Å². The van der Waals surface area contributed by atoms with Gasteiger partial charge in [0.25, 0.3) is 0 Å². The van der Waals surface area contributed by atoms with Crippen molar-refractivity contribution in [2.45, 2.75) is 135 Å². The van der Waals surface area contributed by atoms with E-state index in [1.54, 1.807) is 0 Å². The number of ether oxygens (including phenoxy) is 2. The fraction of sp³-hybridized carbons (Fsp3) is 0.808. The minimum absolute atomic E-state index is 0.347. The van der Waals surface area contributed by atoms with Gasteiger partial charge in [0.05, 0.1) is 0 Å². The second-order valence-electron chi connectivity index (χ2n) is 9.06. The van der Waals surface area contributed by atoms with Crippen molar-refractivity contribution in [3.8, 4) is 0 Å². The van der Waals surface area contributed by atoms with Gasteiger partial charge in [-0.2, -0.15) is 0 Å². The predicted molar refractivity (Wildman–Crippen MR) is 125 cm³/mol. The molecule has 6 nitrogen and oxygen atoms in total. The lowest BCUT2D eigenvalue weighted by atomic mass is 9.87. The predicted octanol–water partition coefficient (Wildman–Crippen LogP) is 5.59. The summed E-state index contributed by atoms with van der Waals surface area (Å²) in [7, 11) is 0. The van der Waals surface area contributed by atoms with Crippen molar-refractivity contribution < 1.29 is 29.0 Å². The lowest BCUT2D eigenvalue weighted by Gasteiger charge is -2.34. The molecule has 0 radical (unpaired) electrons. The number of aliphatic hydroxyl groups is 1. The van der Waals surface area contributed by atoms with Gasteiger partial charge in [0.15, 0.2) is 11.9 Å². The molecule has 0 aromatic heterocycles. The molecule has 0 saturated carbocycles. The third-order valence-corrected chi connectivity index (χ3v) is 6.16. The maximum absolute atomic E-state index is 12.3. The summed E-state index contributed by atoms with van der Waals surface area (Å²) in [4.78, 5) is 35.3. The minimum atomic E-state index is -2.05. The average molecular weight is 453 g/mol. The molecule has 0 fully saturated rings. The standard InChI is InChI=1S/C26H44O6/c1-4-5-6-7-8-9-10-11-12-13-14-15-16-17-18-24(31-21(2)27)26(30)23(29)19-20-25(26)32-22(3)28/h19-20,24-25,30H,4-18H2,1-3H3/t24?,25-,26-/m0/s1. The first-order chi connectivity index (χ1) is 15.3. The van der Waals surface area contributed by atoms with Crippen LogP contribution >= 0.6 is 0 Å². The van der Waals surface area contributed by atoms with Gasteiger partial charge in [0, 0.05) is 13.8 Å². The van der Waals surface area contributed by atoms with Gasteiger partial charge in [-0.25, -0.2) is 0 Å². The van der Waals surface area contributed by atoms with Crippen LogP contribution in [0, 0.1) is 0 Å². The molecule has 0 saturated heterocycles. The van der Waals surface area contributed by atoms with Gasteiger partial charge in [0.2, 0.25) is 5.60 Å². The average Bonchev–Trinajstić information content (AvgIpc) is 3.01. The molecule has 1 unspecified atom stereocenters. The number of hydrogen-bond donors (Lipinski definition) is 1. The van der Waals surface area contributed by atoms with E-state index in [1.807, 2.05) is 0 Å². The third-order valence-electron chi connectivity index (χ3n) is 6.16. The molecule has 0 amide bonds. The Hall–Kier alpha value is -1.69. The molecule has 0 bridgehead atoms. The summed E-state index contributed by atoms with van der Waals surface area (Å²) < 4.78 is 10.4. The number of carbonyl (C=O) groups is 3. The van der Waals surface area contributed by atoms with E-state index < -0.39 is 35.5 Å². The molecule has 1 aliphatic carbocycles. The summed E-state index contributed by atoms with van der Waals surface area (Å²) >= 11 is 0. The molecule has 1 N–H and O–H groups in total. The molecule has 0 spiro atoms. The van der Waals surface area contributed by atoms with Crippen molar-refractivity contribution in [2.75, 3.05) is 0 Å². The smallest absolute Gasteiger partial charge is 0.303 e. The Morgan fingerprint density at radius 2 is 1.34 bits per heavy atom. The van der Waals surface area contributed by atoms with Crippen LogP contribution in [0.15, 0.2) is 12.2 Å². The molecule has 1 aliphatic rings. The molecule has 0 aliphatic heterocycles. The third kappa shape index (κ3) is 10.3. The van der Waals surface area contributed by atoms with Gasteiger partial charge in [0.1, 0.15) is 6.10 Å². The first kappa shape index (κ1) is 28.3. The van der Waals surface area contributed by atoms with E-state index in [2.05, 4.69) is 6.92 Å². The quantitative estimate of drug-likeness (QED) is 0.215. The Kier molecular flexibility index (Phi) is 14.2. The van der Waals surface area contributed by atoms with Crippen molar-refractivity contribution in [3.05, 3.63) is 12.2 Å². The van der Waals surface area contributed by atoms with E-state index in [-0.39, 0.29) is 0 Å². The van der Waals surface area contributed by atoms with Gasteiger partial charge in [-0.05, 0) is 25.0 Å². The highest BCUT2D eigenvalue weighted by Gasteiger charge is 2.54. The number of esters is 2. The number of ketones is 1. The number of unbranched alkanes of at least 4 members (excludes halogenated alkanes) is 13. The molecule has 6 heteroatoms. The Labute approximate surface area is 194 Å². The minimum Gasteiger partial charge on any atom is -0.459 e. The first-order valence-corrected chi connectivity index (χ1v) is 12.6. The maximum atomic E-state index is 12.3. The van der Waals surface area contributed by atoms with E-state index >= 15 is 0 Å². The molecule has 1 rings (SSSR count). The van der Waals surface area contributed by atoms with Crippen molar-refractivity contribution in [3.63, 3.8) is 0 Å². The molecular formula is C26H44O6. The molecular weight excluding hydrogens is 408 g/mol. The van der Waals surface area contributed by atoms with E-state index in [4.69, 9.17) is 9.47 Å². The molecule has 0 aromatic rings. The second-order valence-corrected chi connectivity index (χ2v) is 9.06. The summed E-state index contributed by atoms with van der Waals surface area (Å²) in [6.45, 7) is 4.71. The topological polar surface area (TPSA) is 89.9 Å². The van der Waals surface area contributed by atoms with Crippen molar-refractivity contribution in [1.82, 2.24) is 0 Å². The molecule has 0 aromatic carbocycles. The van der Waals surface area contributed by atoms with Crippen LogP contribution < -0.4 is 0 Å². The zero-order valence-corrected chi connectivity index (χ0v) is 20.4. The lowest BCUT2D eigenvalue weighted by Crippen LogP contribution is -2.56. The highest BCUT2D eigenvalue weighted by molar-refractivity contribution is 6.01. The summed E-state index contributed by atoms with van der Waals surface area (Å²) in [6, 6.07) is 0.